The van der Waals surface area contributed by atoms with Crippen LogP contribution in [-0.4, -0.2) is 10.2 Å². The fourth-order valence-electron chi connectivity index (χ4n) is 1.89. The largest absolute Gasteiger partial charge is 0.382 e. The number of nitrogens with two attached hydrogens (primary N) is 1. The number of H-pyrrole nitrogens is 1. The molecule has 0 bridgehead atoms. The van der Waals surface area contributed by atoms with E-state index in [2.05, 4.69) is 45.2 Å². The highest BCUT2D eigenvalue weighted by Gasteiger charge is 2.12. The van der Waals surface area contributed by atoms with Crippen LogP contribution in [0.5, 0.6) is 0 Å². The van der Waals surface area contributed by atoms with E-state index in [1.54, 1.807) is 0 Å². The van der Waals surface area contributed by atoms with E-state index in [4.69, 9.17) is 5.73 Å². The molecule has 2 aromatic rings. The minimum Gasteiger partial charge on any atom is -0.382 e. The molecular weight excluding hydrogens is 278 g/mol. The number of nitrogens with zero attached hydrogens (tertiary/aromatic N) is 1. The van der Waals surface area contributed by atoms with E-state index in [1.807, 2.05) is 12.1 Å². The third-order valence-corrected chi connectivity index (χ3v) is 3.26. The van der Waals surface area contributed by atoms with Gasteiger partial charge in [-0.05, 0) is 30.5 Å². The van der Waals surface area contributed by atoms with Gasteiger partial charge in [-0.15, -0.1) is 0 Å². The van der Waals surface area contributed by atoms with Crippen molar-refractivity contribution in [3.63, 3.8) is 0 Å². The highest BCUT2D eigenvalue weighted by Crippen LogP contribution is 2.30. The monoisotopic (exact) mass is 293 g/mol. The molecule has 0 fully saturated rings. The zero-order valence-electron chi connectivity index (χ0n) is 9.83. The topological polar surface area (TPSA) is 54.7 Å². The molecule has 1 heterocycles. The Bertz CT molecular complexity index is 505. The van der Waals surface area contributed by atoms with Crippen molar-refractivity contribution in [2.75, 3.05) is 5.73 Å². The minimum atomic E-state index is 0.578. The van der Waals surface area contributed by atoms with Gasteiger partial charge in [0.2, 0.25) is 0 Å². The number of aromatic nitrogens is 2. The highest BCUT2D eigenvalue weighted by atomic mass is 79.9. The van der Waals surface area contributed by atoms with Crippen LogP contribution in [0, 0.1) is 0 Å². The van der Waals surface area contributed by atoms with Crippen molar-refractivity contribution in [2.45, 2.75) is 26.2 Å². The van der Waals surface area contributed by atoms with E-state index in [0.29, 0.717) is 5.82 Å². The predicted octanol–water partition coefficient (Wildman–Crippen LogP) is 3.76. The SMILES string of the molecule is CCCCc1[nH]nc(N)c1-c1cccc(Br)c1. The molecule has 4 heteroatoms. The molecule has 3 nitrogen and oxygen atoms in total. The van der Waals surface area contributed by atoms with Crippen LogP contribution in [0.1, 0.15) is 25.5 Å². The highest BCUT2D eigenvalue weighted by molar-refractivity contribution is 9.10. The van der Waals surface area contributed by atoms with Gasteiger partial charge in [0, 0.05) is 15.7 Å². The molecule has 0 spiro atoms. The molecule has 0 saturated heterocycles. The number of halogens is 1. The number of benzene rings is 1. The van der Waals surface area contributed by atoms with Gasteiger partial charge in [0.1, 0.15) is 0 Å². The summed E-state index contributed by atoms with van der Waals surface area (Å²) in [5.41, 5.74) is 9.21. The molecule has 0 amide bonds. The summed E-state index contributed by atoms with van der Waals surface area (Å²) in [6.45, 7) is 2.18. The first-order valence-corrected chi connectivity index (χ1v) is 6.60. The van der Waals surface area contributed by atoms with Crippen molar-refractivity contribution >= 4 is 21.7 Å². The summed E-state index contributed by atoms with van der Waals surface area (Å²) >= 11 is 3.48. The number of nitrogens with one attached hydrogen (secondary N) is 1. The zero-order chi connectivity index (χ0) is 12.3. The Balaban J connectivity index is 2.39. The van der Waals surface area contributed by atoms with Gasteiger partial charge in [-0.1, -0.05) is 41.4 Å². The predicted molar refractivity (Wildman–Crippen MR) is 74.7 cm³/mol. The third kappa shape index (κ3) is 2.69. The molecule has 1 aromatic heterocycles. The second-order valence-corrected chi connectivity index (χ2v) is 4.99. The Labute approximate surface area is 110 Å². The Morgan fingerprint density at radius 3 is 2.94 bits per heavy atom. The number of aromatic amines is 1. The molecule has 0 aliphatic rings. The number of rotatable bonds is 4. The van der Waals surface area contributed by atoms with Crippen LogP contribution in [0.4, 0.5) is 5.82 Å². The van der Waals surface area contributed by atoms with Crippen molar-refractivity contribution in [2.24, 2.45) is 0 Å². The molecule has 3 N–H and O–H groups in total. The number of nitrogen functional groups attached to an aromatic ring is 1. The van der Waals surface area contributed by atoms with E-state index in [0.717, 1.165) is 40.6 Å². The molecule has 0 atom stereocenters. The van der Waals surface area contributed by atoms with E-state index in [9.17, 15) is 0 Å². The number of unbranched alkanes of at least 4 members (excludes halogenated alkanes) is 1. The Kier molecular flexibility index (Phi) is 3.84. The van der Waals surface area contributed by atoms with Crippen LogP contribution in [0.3, 0.4) is 0 Å². The van der Waals surface area contributed by atoms with Crippen molar-refractivity contribution in [3.05, 3.63) is 34.4 Å². The summed E-state index contributed by atoms with van der Waals surface area (Å²) in [5.74, 6) is 0.578. The van der Waals surface area contributed by atoms with E-state index in [1.165, 1.54) is 0 Å². The Morgan fingerprint density at radius 1 is 1.41 bits per heavy atom. The lowest BCUT2D eigenvalue weighted by molar-refractivity contribution is 0.773. The van der Waals surface area contributed by atoms with Crippen molar-refractivity contribution in [1.82, 2.24) is 10.2 Å². The Hall–Kier alpha value is -1.29. The van der Waals surface area contributed by atoms with E-state index in [-0.39, 0.29) is 0 Å². The summed E-state index contributed by atoms with van der Waals surface area (Å²) in [5, 5.41) is 7.15. The first kappa shape index (κ1) is 12.2. The molecular formula is C13H16BrN3. The molecule has 0 radical (unpaired) electrons. The van der Waals surface area contributed by atoms with Crippen LogP contribution in [0.25, 0.3) is 11.1 Å². The summed E-state index contributed by atoms with van der Waals surface area (Å²) in [6.07, 6.45) is 3.29. The van der Waals surface area contributed by atoms with Crippen molar-refractivity contribution in [3.8, 4) is 11.1 Å². The molecule has 0 aliphatic carbocycles. The number of anilines is 1. The maximum Gasteiger partial charge on any atom is 0.153 e. The van der Waals surface area contributed by atoms with Gasteiger partial charge < -0.3 is 5.73 Å². The smallest absolute Gasteiger partial charge is 0.153 e. The molecule has 2 rings (SSSR count). The maximum absolute atomic E-state index is 5.94. The van der Waals surface area contributed by atoms with Gasteiger partial charge in [-0.2, -0.15) is 5.10 Å². The molecule has 1 aromatic carbocycles. The average molecular weight is 294 g/mol. The Morgan fingerprint density at radius 2 is 2.24 bits per heavy atom. The normalized spacial score (nSPS) is 10.7. The fourth-order valence-corrected chi connectivity index (χ4v) is 2.29. The van der Waals surface area contributed by atoms with Gasteiger partial charge in [0.15, 0.2) is 5.82 Å². The van der Waals surface area contributed by atoms with Crippen molar-refractivity contribution in [1.29, 1.82) is 0 Å². The average Bonchev–Trinajstić information content (AvgIpc) is 2.68. The van der Waals surface area contributed by atoms with Gasteiger partial charge in [-0.3, -0.25) is 5.10 Å². The summed E-state index contributed by atoms with van der Waals surface area (Å²) in [4.78, 5) is 0. The van der Waals surface area contributed by atoms with Crippen LogP contribution in [0.2, 0.25) is 0 Å². The van der Waals surface area contributed by atoms with E-state index >= 15 is 0 Å². The quantitative estimate of drug-likeness (QED) is 0.902. The van der Waals surface area contributed by atoms with Crippen LogP contribution < -0.4 is 5.73 Å². The lowest BCUT2D eigenvalue weighted by Crippen LogP contribution is -1.91. The van der Waals surface area contributed by atoms with Crippen molar-refractivity contribution < 1.29 is 0 Å². The van der Waals surface area contributed by atoms with Gasteiger partial charge in [-0.25, -0.2) is 0 Å². The fraction of sp³-hybridized carbons (Fsp3) is 0.308. The molecule has 0 aliphatic heterocycles. The number of aryl methyl sites for hydroxylation is 1. The first-order chi connectivity index (χ1) is 8.22. The van der Waals surface area contributed by atoms with E-state index < -0.39 is 0 Å². The molecule has 17 heavy (non-hydrogen) atoms. The minimum absolute atomic E-state index is 0.578. The first-order valence-electron chi connectivity index (χ1n) is 5.81. The zero-order valence-corrected chi connectivity index (χ0v) is 11.4. The lowest BCUT2D eigenvalue weighted by atomic mass is 10.0. The summed E-state index contributed by atoms with van der Waals surface area (Å²) in [7, 11) is 0. The number of hydrogen-bond acceptors (Lipinski definition) is 2. The maximum atomic E-state index is 5.94. The van der Waals surface area contributed by atoms with Crippen LogP contribution in [-0.2, 0) is 6.42 Å². The molecule has 90 valence electrons. The van der Waals surface area contributed by atoms with Gasteiger partial charge in [0.05, 0.1) is 0 Å². The summed E-state index contributed by atoms with van der Waals surface area (Å²) in [6, 6.07) is 8.14. The lowest BCUT2D eigenvalue weighted by Gasteiger charge is -2.04. The molecule has 0 saturated carbocycles. The second kappa shape index (κ2) is 5.36. The third-order valence-electron chi connectivity index (χ3n) is 2.76. The van der Waals surface area contributed by atoms with Crippen LogP contribution in [0.15, 0.2) is 28.7 Å². The van der Waals surface area contributed by atoms with Gasteiger partial charge in [0.25, 0.3) is 0 Å². The number of hydrogen-bond donors (Lipinski definition) is 2. The van der Waals surface area contributed by atoms with Gasteiger partial charge >= 0.3 is 0 Å². The van der Waals surface area contributed by atoms with Crippen LogP contribution >= 0.6 is 15.9 Å². The standard InChI is InChI=1S/C13H16BrN3/c1-2-3-7-11-12(13(15)17-16-11)9-5-4-6-10(14)8-9/h4-6,8H,2-3,7H2,1H3,(H3,15,16,17). The molecule has 0 unspecified atom stereocenters. The second-order valence-electron chi connectivity index (χ2n) is 4.08. The summed E-state index contributed by atoms with van der Waals surface area (Å²) < 4.78 is 1.05.